The third kappa shape index (κ3) is 9.52. The SMILES string of the molecule is COc1ccc([C@H](Cc2c(Cl)c[n+]([O-])cc2Cl)c2cc(CNC(C(=O)OC3CCN(Cc4ccccc4)CC3)c3ccccc3)sc2C(=O)O)cc1OC. The third-order valence-corrected chi connectivity index (χ3v) is 11.4. The molecule has 3 heterocycles. The molecule has 3 aromatic carbocycles. The molecular formula is C41H41Cl2N3O7S. The van der Waals surface area contributed by atoms with E-state index in [4.69, 9.17) is 37.4 Å². The van der Waals surface area contributed by atoms with E-state index in [1.165, 1.54) is 32.2 Å². The highest BCUT2D eigenvalue weighted by Gasteiger charge is 2.30. The minimum Gasteiger partial charge on any atom is -0.619 e. The number of carbonyl (C=O) groups is 2. The van der Waals surface area contributed by atoms with E-state index in [0.717, 1.165) is 54.9 Å². The Morgan fingerprint density at radius 1 is 0.926 bits per heavy atom. The van der Waals surface area contributed by atoms with Gasteiger partial charge in [0.2, 0.25) is 0 Å². The van der Waals surface area contributed by atoms with Crippen LogP contribution in [-0.4, -0.2) is 55.4 Å². The lowest BCUT2D eigenvalue weighted by atomic mass is 9.85. The van der Waals surface area contributed by atoms with Crippen molar-refractivity contribution in [2.75, 3.05) is 27.3 Å². The Labute approximate surface area is 328 Å². The van der Waals surface area contributed by atoms with Crippen molar-refractivity contribution in [1.82, 2.24) is 10.2 Å². The van der Waals surface area contributed by atoms with E-state index in [9.17, 15) is 19.9 Å². The zero-order valence-corrected chi connectivity index (χ0v) is 32.2. The number of methoxy groups -OCH3 is 2. The predicted octanol–water partition coefficient (Wildman–Crippen LogP) is 7.82. The summed E-state index contributed by atoms with van der Waals surface area (Å²) in [5.41, 5.74) is 3.72. The Balaban J connectivity index is 1.24. The van der Waals surface area contributed by atoms with Gasteiger partial charge < -0.3 is 24.5 Å². The van der Waals surface area contributed by atoms with Gasteiger partial charge in [-0.2, -0.15) is 4.73 Å². The van der Waals surface area contributed by atoms with Crippen LogP contribution in [0.1, 0.15) is 67.2 Å². The average molecular weight is 791 g/mol. The molecule has 0 bridgehead atoms. The normalized spacial score (nSPS) is 14.7. The van der Waals surface area contributed by atoms with E-state index in [1.807, 2.05) is 60.7 Å². The van der Waals surface area contributed by atoms with Gasteiger partial charge in [0.05, 0.1) is 14.2 Å². The van der Waals surface area contributed by atoms with Crippen molar-refractivity contribution < 1.29 is 33.6 Å². The Morgan fingerprint density at radius 2 is 1.57 bits per heavy atom. The standard InChI is InChI=1S/C41H41Cl2N3O7S/c1-51-36-14-13-28(19-37(36)52-2)31(21-33-34(42)24-46(50)25-35(33)43)32-20-30(54-39(32)40(47)48)22-44-38(27-11-7-4-8-12-27)41(49)53-29-15-17-45(18-16-29)23-26-9-5-3-6-10-26/h3-14,19-20,24-25,29,31,38,44H,15-18,21-23H2,1-2H3,(H,47,48)/t31-,38?/m0/s1. The third-order valence-electron chi connectivity index (χ3n) is 9.57. The number of esters is 1. The second-order valence-electron chi connectivity index (χ2n) is 13.1. The lowest BCUT2D eigenvalue weighted by molar-refractivity contribution is -0.605. The van der Waals surface area contributed by atoms with E-state index in [1.54, 1.807) is 12.1 Å². The lowest BCUT2D eigenvalue weighted by Crippen LogP contribution is -2.39. The average Bonchev–Trinajstić information content (AvgIpc) is 3.60. The second kappa shape index (κ2) is 18.1. The first kappa shape index (κ1) is 39.1. The number of carboxylic acid groups (broad SMARTS) is 1. The molecule has 0 saturated carbocycles. The molecule has 0 radical (unpaired) electrons. The monoisotopic (exact) mass is 789 g/mol. The minimum atomic E-state index is -1.10. The number of nitrogens with one attached hydrogen (secondary N) is 1. The molecule has 1 saturated heterocycles. The Hall–Kier alpha value is -4.65. The first-order valence-corrected chi connectivity index (χ1v) is 19.1. The molecule has 1 aliphatic rings. The number of aromatic carboxylic acids is 1. The molecule has 0 aliphatic carbocycles. The molecule has 54 heavy (non-hydrogen) atoms. The second-order valence-corrected chi connectivity index (χ2v) is 15.0. The number of carboxylic acids is 1. The van der Waals surface area contributed by atoms with E-state index in [2.05, 4.69) is 22.3 Å². The van der Waals surface area contributed by atoms with Crippen LogP contribution >= 0.6 is 34.5 Å². The van der Waals surface area contributed by atoms with Crippen molar-refractivity contribution >= 4 is 46.5 Å². The molecule has 10 nitrogen and oxygen atoms in total. The van der Waals surface area contributed by atoms with E-state index in [-0.39, 0.29) is 40.0 Å². The minimum absolute atomic E-state index is 0.120. The Morgan fingerprint density at radius 3 is 2.20 bits per heavy atom. The highest BCUT2D eigenvalue weighted by atomic mass is 35.5. The number of likely N-dealkylation sites (tertiary alicyclic amines) is 1. The zero-order valence-electron chi connectivity index (χ0n) is 29.9. The molecule has 2 atom stereocenters. The number of hydrogen-bond acceptors (Lipinski definition) is 9. The Kier molecular flexibility index (Phi) is 13.1. The maximum Gasteiger partial charge on any atom is 0.346 e. The maximum absolute atomic E-state index is 13.8. The summed E-state index contributed by atoms with van der Waals surface area (Å²) in [4.78, 5) is 29.8. The van der Waals surface area contributed by atoms with Crippen molar-refractivity contribution in [3.8, 4) is 11.5 Å². The highest BCUT2D eigenvalue weighted by molar-refractivity contribution is 7.14. The number of aromatic nitrogens is 1. The summed E-state index contributed by atoms with van der Waals surface area (Å²) in [7, 11) is 3.06. The molecule has 6 rings (SSSR count). The van der Waals surface area contributed by atoms with Gasteiger partial charge >= 0.3 is 11.9 Å². The fraction of sp³-hybridized carbons (Fsp3) is 0.293. The molecular weight excluding hydrogens is 749 g/mol. The topological polar surface area (TPSA) is 124 Å². The van der Waals surface area contributed by atoms with Gasteiger partial charge in [0, 0.05) is 42.5 Å². The van der Waals surface area contributed by atoms with Crippen LogP contribution in [0, 0.1) is 5.21 Å². The number of ether oxygens (including phenoxy) is 3. The Bertz CT molecular complexity index is 2030. The number of piperidine rings is 1. The van der Waals surface area contributed by atoms with Crippen LogP contribution in [0.4, 0.5) is 0 Å². The quantitative estimate of drug-likeness (QED) is 0.0621. The number of halogens is 2. The van der Waals surface area contributed by atoms with Crippen molar-refractivity contribution in [1.29, 1.82) is 0 Å². The van der Waals surface area contributed by atoms with Gasteiger partial charge in [0.1, 0.15) is 27.1 Å². The van der Waals surface area contributed by atoms with E-state index < -0.39 is 17.9 Å². The van der Waals surface area contributed by atoms with Crippen LogP contribution in [0.15, 0.2) is 97.3 Å². The summed E-state index contributed by atoms with van der Waals surface area (Å²) in [5, 5.41) is 26.2. The summed E-state index contributed by atoms with van der Waals surface area (Å²) in [6.45, 7) is 2.69. The van der Waals surface area contributed by atoms with Crippen LogP contribution in [0.2, 0.25) is 10.0 Å². The molecule has 0 spiro atoms. The molecule has 0 amide bonds. The van der Waals surface area contributed by atoms with Crippen molar-refractivity contribution in [3.05, 3.63) is 150 Å². The molecule has 2 aromatic heterocycles. The van der Waals surface area contributed by atoms with Gasteiger partial charge in [0.25, 0.3) is 0 Å². The van der Waals surface area contributed by atoms with Crippen LogP contribution < -0.4 is 19.5 Å². The molecule has 13 heteroatoms. The maximum atomic E-state index is 13.8. The first-order chi connectivity index (χ1) is 26.1. The summed E-state index contributed by atoms with van der Waals surface area (Å²) in [6, 6.07) is 26.1. The van der Waals surface area contributed by atoms with Gasteiger partial charge in [0.15, 0.2) is 23.9 Å². The van der Waals surface area contributed by atoms with E-state index >= 15 is 0 Å². The predicted molar refractivity (Wildman–Crippen MR) is 209 cm³/mol. The lowest BCUT2D eigenvalue weighted by Gasteiger charge is -2.32. The number of nitrogens with zero attached hydrogens (tertiary/aromatic N) is 2. The molecule has 1 unspecified atom stereocenters. The van der Waals surface area contributed by atoms with Crippen molar-refractivity contribution in [2.45, 2.75) is 50.4 Å². The first-order valence-electron chi connectivity index (χ1n) is 17.5. The van der Waals surface area contributed by atoms with Crippen LogP contribution in [0.25, 0.3) is 0 Å². The summed E-state index contributed by atoms with van der Waals surface area (Å²) in [6.07, 6.45) is 3.87. The fourth-order valence-corrected chi connectivity index (χ4v) is 8.43. The van der Waals surface area contributed by atoms with Crippen molar-refractivity contribution in [2.24, 2.45) is 0 Å². The smallest absolute Gasteiger partial charge is 0.346 e. The zero-order chi connectivity index (χ0) is 38.2. The largest absolute Gasteiger partial charge is 0.619 e. The van der Waals surface area contributed by atoms with Gasteiger partial charge in [-0.15, -0.1) is 11.3 Å². The number of benzene rings is 3. The summed E-state index contributed by atoms with van der Waals surface area (Å²) in [5.74, 6) is -1.09. The summed E-state index contributed by atoms with van der Waals surface area (Å²) >= 11 is 14.2. The summed E-state index contributed by atoms with van der Waals surface area (Å²) < 4.78 is 17.7. The molecule has 282 valence electrons. The van der Waals surface area contributed by atoms with Gasteiger partial charge in [-0.3, -0.25) is 10.2 Å². The number of pyridine rings is 1. The highest BCUT2D eigenvalue weighted by Crippen LogP contribution is 2.41. The van der Waals surface area contributed by atoms with Gasteiger partial charge in [-0.05, 0) is 59.7 Å². The molecule has 5 aromatic rings. The molecule has 1 fully saturated rings. The van der Waals surface area contributed by atoms with Gasteiger partial charge in [-0.1, -0.05) is 89.9 Å². The molecule has 2 N–H and O–H groups in total. The van der Waals surface area contributed by atoms with Crippen LogP contribution in [0.5, 0.6) is 11.5 Å². The van der Waals surface area contributed by atoms with Crippen LogP contribution in [0.3, 0.4) is 0 Å². The fourth-order valence-electron chi connectivity index (χ4n) is 6.82. The number of thiophene rings is 1. The molecule has 1 aliphatic heterocycles. The van der Waals surface area contributed by atoms with Gasteiger partial charge in [-0.25, -0.2) is 9.59 Å². The van der Waals surface area contributed by atoms with Crippen molar-refractivity contribution in [3.63, 3.8) is 0 Å². The number of hydrogen-bond donors (Lipinski definition) is 2. The van der Waals surface area contributed by atoms with Crippen LogP contribution in [-0.2, 0) is 29.0 Å². The van der Waals surface area contributed by atoms with E-state index in [0.29, 0.717) is 32.2 Å². The number of rotatable bonds is 15. The number of carbonyl (C=O) groups excluding carboxylic acids is 1.